The van der Waals surface area contributed by atoms with Gasteiger partial charge in [0.2, 0.25) is 0 Å². The Morgan fingerprint density at radius 1 is 1.32 bits per heavy atom. The van der Waals surface area contributed by atoms with Crippen LogP contribution >= 0.6 is 0 Å². The third-order valence-corrected chi connectivity index (χ3v) is 8.06. The van der Waals surface area contributed by atoms with Gasteiger partial charge in [0, 0.05) is 16.6 Å². The first-order chi connectivity index (χ1) is 13.4. The molecule has 1 aromatic heterocycles. The minimum absolute atomic E-state index is 0.0765. The molecule has 2 aliphatic carbocycles. The average Bonchev–Trinajstić information content (AvgIpc) is 3.24. The van der Waals surface area contributed by atoms with E-state index in [0.29, 0.717) is 24.8 Å². The molecule has 2 spiro atoms. The van der Waals surface area contributed by atoms with Crippen molar-refractivity contribution in [3.05, 3.63) is 35.8 Å². The zero-order chi connectivity index (χ0) is 19.3. The van der Waals surface area contributed by atoms with Crippen LogP contribution in [0, 0.1) is 16.7 Å². The molecule has 8 rings (SSSR count). The number of hydrogen-bond donors (Lipinski definition) is 0. The van der Waals surface area contributed by atoms with Gasteiger partial charge in [0.1, 0.15) is 6.10 Å². The first kappa shape index (κ1) is 16.8. The fraction of sp³-hybridized carbons (Fsp3) is 0.619. The minimum Gasteiger partial charge on any atom is -0.472 e. The molecule has 1 aromatic rings. The maximum absolute atomic E-state index is 13.3. The molecule has 6 heterocycles. The molecular weight excluding hydrogens is 364 g/mol. The lowest BCUT2D eigenvalue weighted by Gasteiger charge is -2.73. The van der Waals surface area contributed by atoms with Crippen molar-refractivity contribution < 1.29 is 33.0 Å². The van der Waals surface area contributed by atoms with Crippen LogP contribution in [-0.4, -0.2) is 37.0 Å². The molecule has 28 heavy (non-hydrogen) atoms. The maximum Gasteiger partial charge on any atom is 0.339 e. The zero-order valence-electron chi connectivity index (χ0n) is 15.8. The molecule has 7 atom stereocenters. The molecular formula is C21H22O7. The number of furan rings is 1. The van der Waals surface area contributed by atoms with Crippen molar-refractivity contribution in [1.29, 1.82) is 0 Å². The van der Waals surface area contributed by atoms with Crippen molar-refractivity contribution in [3.63, 3.8) is 0 Å². The van der Waals surface area contributed by atoms with Gasteiger partial charge >= 0.3 is 11.9 Å². The molecule has 0 unspecified atom stereocenters. The fourth-order valence-electron chi connectivity index (χ4n) is 6.77. The van der Waals surface area contributed by atoms with E-state index >= 15 is 0 Å². The summed E-state index contributed by atoms with van der Waals surface area (Å²) in [6, 6.07) is 1.83. The number of cyclic esters (lactones) is 1. The minimum atomic E-state index is -1.03. The normalized spacial score (nSPS) is 47.9. The maximum atomic E-state index is 13.3. The van der Waals surface area contributed by atoms with Crippen molar-refractivity contribution in [2.24, 2.45) is 16.7 Å². The molecule has 5 bridgehead atoms. The van der Waals surface area contributed by atoms with E-state index in [9.17, 15) is 9.59 Å². The van der Waals surface area contributed by atoms with E-state index in [0.717, 1.165) is 12.0 Å². The Kier molecular flexibility index (Phi) is 3.04. The van der Waals surface area contributed by atoms with Crippen LogP contribution in [0.4, 0.5) is 0 Å². The van der Waals surface area contributed by atoms with Gasteiger partial charge < -0.3 is 23.4 Å². The van der Waals surface area contributed by atoms with Gasteiger partial charge in [-0.15, -0.1) is 0 Å². The Labute approximate surface area is 161 Å². The number of hydrogen-bond acceptors (Lipinski definition) is 7. The molecule has 7 nitrogen and oxygen atoms in total. The monoisotopic (exact) mass is 386 g/mol. The van der Waals surface area contributed by atoms with Gasteiger partial charge in [0.05, 0.1) is 31.2 Å². The summed E-state index contributed by atoms with van der Waals surface area (Å²) < 4.78 is 28.7. The standard InChI is InChI=1S/C21H22O7/c1-19-9-14(11-3-6-25-10-11)27-17(23)21(19)5-4-20-13(16(22)24-2)7-12(8-15(19)20)26-18(20)28-21/h3,6-7,10,12,14-15,18H,4-5,8-9H2,1-2H3/t12-,14+,15+,18-,19+,20+,21-/m1/s1. The van der Waals surface area contributed by atoms with Crippen LogP contribution in [0.25, 0.3) is 0 Å². The van der Waals surface area contributed by atoms with Gasteiger partial charge in [-0.25, -0.2) is 9.59 Å². The molecule has 0 aromatic carbocycles. The molecule has 5 aliphatic heterocycles. The van der Waals surface area contributed by atoms with E-state index in [-0.39, 0.29) is 30.1 Å². The van der Waals surface area contributed by atoms with Crippen molar-refractivity contribution in [3.8, 4) is 0 Å². The number of ether oxygens (including phenoxy) is 4. The summed E-state index contributed by atoms with van der Waals surface area (Å²) in [6.45, 7) is 2.12. The highest BCUT2D eigenvalue weighted by molar-refractivity contribution is 5.92. The number of rotatable bonds is 2. The van der Waals surface area contributed by atoms with Crippen LogP contribution in [0.1, 0.15) is 44.3 Å². The third kappa shape index (κ3) is 1.66. The molecule has 0 amide bonds. The molecule has 7 heteroatoms. The summed E-state index contributed by atoms with van der Waals surface area (Å²) in [5.41, 5.74) is -0.582. The number of esters is 2. The second-order valence-corrected chi connectivity index (χ2v) is 8.92. The van der Waals surface area contributed by atoms with Gasteiger partial charge in [-0.2, -0.15) is 0 Å². The molecule has 0 N–H and O–H groups in total. The Hall–Kier alpha value is -2.12. The Balaban J connectivity index is 1.50. The number of methoxy groups -OCH3 is 1. The van der Waals surface area contributed by atoms with E-state index < -0.39 is 22.7 Å². The number of carbonyl (C=O) groups excluding carboxylic acids is 2. The van der Waals surface area contributed by atoms with Crippen LogP contribution in [0.15, 0.2) is 34.7 Å². The molecule has 5 fully saturated rings. The largest absolute Gasteiger partial charge is 0.472 e. The van der Waals surface area contributed by atoms with Crippen molar-refractivity contribution >= 4 is 11.9 Å². The first-order valence-electron chi connectivity index (χ1n) is 9.82. The predicted molar refractivity (Wildman–Crippen MR) is 92.6 cm³/mol. The molecule has 1 saturated carbocycles. The van der Waals surface area contributed by atoms with E-state index in [1.807, 2.05) is 12.1 Å². The zero-order valence-corrected chi connectivity index (χ0v) is 15.8. The van der Waals surface area contributed by atoms with Crippen molar-refractivity contribution in [2.45, 2.75) is 56.7 Å². The smallest absolute Gasteiger partial charge is 0.339 e. The average molecular weight is 386 g/mol. The summed E-state index contributed by atoms with van der Waals surface area (Å²) in [7, 11) is 1.40. The summed E-state index contributed by atoms with van der Waals surface area (Å²) in [4.78, 5) is 25.9. The second kappa shape index (κ2) is 5.07. The lowest BCUT2D eigenvalue weighted by Crippen LogP contribution is -2.79. The van der Waals surface area contributed by atoms with Crippen molar-refractivity contribution in [2.75, 3.05) is 7.11 Å². The van der Waals surface area contributed by atoms with Gasteiger partial charge in [-0.3, -0.25) is 0 Å². The van der Waals surface area contributed by atoms with E-state index in [1.54, 1.807) is 12.5 Å². The lowest BCUT2D eigenvalue weighted by molar-refractivity contribution is -0.414. The lowest BCUT2D eigenvalue weighted by atomic mass is 9.40. The Morgan fingerprint density at radius 2 is 2.18 bits per heavy atom. The van der Waals surface area contributed by atoms with Crippen LogP contribution in [0.2, 0.25) is 0 Å². The fourth-order valence-corrected chi connectivity index (χ4v) is 6.77. The summed E-state index contributed by atoms with van der Waals surface area (Å²) >= 11 is 0. The highest BCUT2D eigenvalue weighted by Gasteiger charge is 2.80. The molecule has 7 aliphatic rings. The first-order valence-corrected chi connectivity index (χ1v) is 9.82. The molecule has 148 valence electrons. The van der Waals surface area contributed by atoms with E-state index in [2.05, 4.69) is 6.92 Å². The van der Waals surface area contributed by atoms with Crippen LogP contribution in [0.3, 0.4) is 0 Å². The van der Waals surface area contributed by atoms with Crippen LogP contribution < -0.4 is 0 Å². The SMILES string of the molecule is COC(=O)C1=C[C@@H]2C[C@@H]3[C@]14CC[C@@]1(O[C@H]4O2)C(=O)O[C@H](c2ccoc2)C[C@@]31C. The van der Waals surface area contributed by atoms with Gasteiger partial charge in [-0.05, 0) is 43.7 Å². The highest BCUT2D eigenvalue weighted by atomic mass is 16.7. The Bertz CT molecular complexity index is 904. The Morgan fingerprint density at radius 3 is 2.93 bits per heavy atom. The summed E-state index contributed by atoms with van der Waals surface area (Å²) in [6.07, 6.45) is 6.46. The van der Waals surface area contributed by atoms with Gasteiger partial charge in [0.25, 0.3) is 0 Å². The van der Waals surface area contributed by atoms with Gasteiger partial charge in [-0.1, -0.05) is 6.92 Å². The van der Waals surface area contributed by atoms with E-state index in [4.69, 9.17) is 23.4 Å². The third-order valence-electron chi connectivity index (χ3n) is 8.06. The van der Waals surface area contributed by atoms with Crippen LogP contribution in [-0.2, 0) is 28.5 Å². The quantitative estimate of drug-likeness (QED) is 0.723. The van der Waals surface area contributed by atoms with Gasteiger partial charge in [0.15, 0.2) is 11.9 Å². The van der Waals surface area contributed by atoms with Crippen molar-refractivity contribution in [1.82, 2.24) is 0 Å². The number of fused-ring (bicyclic) bond motifs is 1. The second-order valence-electron chi connectivity index (χ2n) is 8.92. The molecule has 0 radical (unpaired) electrons. The molecule has 4 saturated heterocycles. The number of carbonyl (C=O) groups is 2. The predicted octanol–water partition coefficient (Wildman–Crippen LogP) is 2.67. The summed E-state index contributed by atoms with van der Waals surface area (Å²) in [5, 5.41) is 0. The topological polar surface area (TPSA) is 84.2 Å². The summed E-state index contributed by atoms with van der Waals surface area (Å²) in [5.74, 6) is -0.580. The van der Waals surface area contributed by atoms with E-state index in [1.165, 1.54) is 7.11 Å². The van der Waals surface area contributed by atoms with Crippen LogP contribution in [0.5, 0.6) is 0 Å². The highest BCUT2D eigenvalue weighted by Crippen LogP contribution is 2.74.